The van der Waals surface area contributed by atoms with Crippen molar-refractivity contribution < 1.29 is 14.0 Å². The second-order valence-electron chi connectivity index (χ2n) is 7.84. The van der Waals surface area contributed by atoms with Crippen LogP contribution in [0.25, 0.3) is 0 Å². The quantitative estimate of drug-likeness (QED) is 0.447. The first-order valence-electron chi connectivity index (χ1n) is 11.1. The van der Waals surface area contributed by atoms with Crippen LogP contribution in [0.2, 0.25) is 5.02 Å². The molecule has 1 N–H and O–H groups in total. The van der Waals surface area contributed by atoms with Crippen LogP contribution in [-0.2, 0) is 29.0 Å². The average Bonchev–Trinajstić information content (AvgIpc) is 2.82. The van der Waals surface area contributed by atoms with Crippen molar-refractivity contribution in [2.45, 2.75) is 38.8 Å². The molecule has 0 aliphatic carbocycles. The first-order valence-corrected chi connectivity index (χ1v) is 11.4. The second-order valence-corrected chi connectivity index (χ2v) is 8.25. The van der Waals surface area contributed by atoms with Crippen molar-refractivity contribution >= 4 is 23.4 Å². The molecule has 3 rings (SSSR count). The van der Waals surface area contributed by atoms with Crippen LogP contribution in [0.5, 0.6) is 0 Å². The molecule has 33 heavy (non-hydrogen) atoms. The zero-order chi connectivity index (χ0) is 23.6. The minimum atomic E-state index is -0.698. The molecule has 0 saturated carbocycles. The first kappa shape index (κ1) is 24.5. The number of amides is 2. The molecule has 6 heteroatoms. The van der Waals surface area contributed by atoms with Gasteiger partial charge < -0.3 is 10.2 Å². The number of halogens is 2. The molecule has 0 spiro atoms. The number of nitrogens with zero attached hydrogens (tertiary/aromatic N) is 1. The lowest BCUT2D eigenvalue weighted by Crippen LogP contribution is -2.50. The van der Waals surface area contributed by atoms with Crippen LogP contribution in [0.15, 0.2) is 78.9 Å². The molecule has 0 fully saturated rings. The Morgan fingerprint density at radius 3 is 2.27 bits per heavy atom. The summed E-state index contributed by atoms with van der Waals surface area (Å²) in [5.41, 5.74) is 2.59. The van der Waals surface area contributed by atoms with Gasteiger partial charge >= 0.3 is 0 Å². The second kappa shape index (κ2) is 12.2. The molecule has 0 aliphatic rings. The third-order valence-electron chi connectivity index (χ3n) is 5.45. The van der Waals surface area contributed by atoms with Gasteiger partial charge in [-0.2, -0.15) is 0 Å². The van der Waals surface area contributed by atoms with Crippen LogP contribution < -0.4 is 5.32 Å². The van der Waals surface area contributed by atoms with Gasteiger partial charge in [0.1, 0.15) is 11.9 Å². The molecular weight excluding hydrogens is 439 g/mol. The fourth-order valence-electron chi connectivity index (χ4n) is 3.72. The Kier molecular flexibility index (Phi) is 9.02. The molecule has 1 atom stereocenters. The number of hydrogen-bond donors (Lipinski definition) is 1. The molecule has 3 aromatic rings. The predicted molar refractivity (Wildman–Crippen MR) is 129 cm³/mol. The van der Waals surface area contributed by atoms with Crippen molar-refractivity contribution in [1.82, 2.24) is 10.2 Å². The van der Waals surface area contributed by atoms with Crippen LogP contribution >= 0.6 is 11.6 Å². The highest BCUT2D eigenvalue weighted by molar-refractivity contribution is 6.31. The van der Waals surface area contributed by atoms with Crippen molar-refractivity contribution in [3.63, 3.8) is 0 Å². The Morgan fingerprint density at radius 1 is 0.939 bits per heavy atom. The molecule has 0 aliphatic heterocycles. The maximum absolute atomic E-state index is 13.5. The number of aryl methyl sites for hydroxylation is 1. The van der Waals surface area contributed by atoms with Gasteiger partial charge in [0.2, 0.25) is 11.8 Å². The third-order valence-corrected chi connectivity index (χ3v) is 5.82. The van der Waals surface area contributed by atoms with Crippen molar-refractivity contribution in [3.8, 4) is 0 Å². The Balaban J connectivity index is 1.89. The van der Waals surface area contributed by atoms with E-state index >= 15 is 0 Å². The lowest BCUT2D eigenvalue weighted by Gasteiger charge is -2.31. The van der Waals surface area contributed by atoms with Crippen LogP contribution in [-0.4, -0.2) is 29.3 Å². The summed E-state index contributed by atoms with van der Waals surface area (Å²) in [6.45, 7) is 2.51. The fraction of sp³-hybridized carbons (Fsp3) is 0.259. The summed E-state index contributed by atoms with van der Waals surface area (Å²) in [5.74, 6) is -0.721. The zero-order valence-corrected chi connectivity index (χ0v) is 19.4. The van der Waals surface area contributed by atoms with E-state index in [1.165, 1.54) is 12.1 Å². The summed E-state index contributed by atoms with van der Waals surface area (Å²) in [7, 11) is 0. The highest BCUT2D eigenvalue weighted by atomic mass is 35.5. The highest BCUT2D eigenvalue weighted by Crippen LogP contribution is 2.20. The maximum atomic E-state index is 13.5. The molecule has 2 amide bonds. The fourth-order valence-corrected chi connectivity index (χ4v) is 3.95. The molecule has 3 aromatic carbocycles. The van der Waals surface area contributed by atoms with Crippen LogP contribution in [0.4, 0.5) is 4.39 Å². The first-order chi connectivity index (χ1) is 16.0. The normalized spacial score (nSPS) is 11.6. The molecule has 0 saturated heterocycles. The summed E-state index contributed by atoms with van der Waals surface area (Å²) in [6, 6.07) is 22.3. The number of rotatable bonds is 10. The van der Waals surface area contributed by atoms with E-state index in [1.54, 1.807) is 23.1 Å². The predicted octanol–water partition coefficient (Wildman–Crippen LogP) is 5.19. The minimum absolute atomic E-state index is 0.161. The number of carbonyl (C=O) groups excluding carboxylic acids is 2. The summed E-state index contributed by atoms with van der Waals surface area (Å²) in [6.07, 6.45) is 1.05. The number of benzene rings is 3. The lowest BCUT2D eigenvalue weighted by molar-refractivity contribution is -0.141. The van der Waals surface area contributed by atoms with E-state index in [2.05, 4.69) is 5.32 Å². The van der Waals surface area contributed by atoms with E-state index in [4.69, 9.17) is 11.6 Å². The Bertz CT molecular complexity index is 1060. The average molecular weight is 467 g/mol. The van der Waals surface area contributed by atoms with Gasteiger partial charge in [0.25, 0.3) is 0 Å². The smallest absolute Gasteiger partial charge is 0.243 e. The van der Waals surface area contributed by atoms with Gasteiger partial charge in [-0.15, -0.1) is 0 Å². The topological polar surface area (TPSA) is 49.4 Å². The molecule has 172 valence electrons. The molecule has 0 unspecified atom stereocenters. The van der Waals surface area contributed by atoms with Crippen molar-refractivity contribution in [1.29, 1.82) is 0 Å². The largest absolute Gasteiger partial charge is 0.355 e. The van der Waals surface area contributed by atoms with Crippen molar-refractivity contribution in [2.24, 2.45) is 0 Å². The van der Waals surface area contributed by atoms with E-state index in [1.807, 2.05) is 55.5 Å². The summed E-state index contributed by atoms with van der Waals surface area (Å²) < 4.78 is 13.4. The minimum Gasteiger partial charge on any atom is -0.355 e. The Morgan fingerprint density at radius 2 is 1.61 bits per heavy atom. The van der Waals surface area contributed by atoms with E-state index in [0.717, 1.165) is 16.7 Å². The monoisotopic (exact) mass is 466 g/mol. The van der Waals surface area contributed by atoms with Gasteiger partial charge in [-0.05, 0) is 48.2 Å². The molecule has 4 nitrogen and oxygen atoms in total. The van der Waals surface area contributed by atoms with Gasteiger partial charge in [0.05, 0.1) is 0 Å². The number of carbonyl (C=O) groups is 2. The van der Waals surface area contributed by atoms with E-state index in [-0.39, 0.29) is 30.6 Å². The van der Waals surface area contributed by atoms with Gasteiger partial charge in [-0.25, -0.2) is 4.39 Å². The van der Waals surface area contributed by atoms with Crippen molar-refractivity contribution in [2.75, 3.05) is 6.54 Å². The van der Waals surface area contributed by atoms with Gasteiger partial charge in [0, 0.05) is 31.0 Å². The standard InChI is InChI=1S/C27H28ClFN2O2/c1-2-30-27(33)25(18-20-8-4-3-5-9-20)31(19-21-12-15-23(29)16-13-21)26(32)17-14-22-10-6-7-11-24(22)28/h3-13,15-16,25H,2,14,17-19H2,1H3,(H,30,33)/t25-/m1/s1. The molecule has 0 bridgehead atoms. The maximum Gasteiger partial charge on any atom is 0.243 e. The summed E-state index contributed by atoms with van der Waals surface area (Å²) >= 11 is 6.27. The SMILES string of the molecule is CCNC(=O)[C@@H](Cc1ccccc1)N(Cc1ccc(F)cc1)C(=O)CCc1ccccc1Cl. The van der Waals surface area contributed by atoms with Crippen LogP contribution in [0.1, 0.15) is 30.0 Å². The Hall–Kier alpha value is -3.18. The lowest BCUT2D eigenvalue weighted by atomic mass is 10.0. The molecular formula is C27H28ClFN2O2. The number of likely N-dealkylation sites (N-methyl/N-ethyl adjacent to an activating group) is 1. The molecule has 0 heterocycles. The van der Waals surface area contributed by atoms with Crippen molar-refractivity contribution in [3.05, 3.63) is 106 Å². The summed E-state index contributed by atoms with van der Waals surface area (Å²) in [5, 5.41) is 3.48. The zero-order valence-electron chi connectivity index (χ0n) is 18.6. The van der Waals surface area contributed by atoms with Crippen LogP contribution in [0.3, 0.4) is 0 Å². The Labute approximate surface area is 199 Å². The molecule has 0 aromatic heterocycles. The van der Waals surface area contributed by atoms with Gasteiger partial charge in [0.15, 0.2) is 0 Å². The van der Waals surface area contributed by atoms with E-state index in [0.29, 0.717) is 24.4 Å². The van der Waals surface area contributed by atoms with E-state index < -0.39 is 6.04 Å². The summed E-state index contributed by atoms with van der Waals surface area (Å²) in [4.78, 5) is 28.1. The van der Waals surface area contributed by atoms with Crippen LogP contribution in [0, 0.1) is 5.82 Å². The number of nitrogens with one attached hydrogen (secondary N) is 1. The highest BCUT2D eigenvalue weighted by Gasteiger charge is 2.30. The van der Waals surface area contributed by atoms with E-state index in [9.17, 15) is 14.0 Å². The van der Waals surface area contributed by atoms with Gasteiger partial charge in [-0.1, -0.05) is 72.3 Å². The van der Waals surface area contributed by atoms with Gasteiger partial charge in [-0.3, -0.25) is 9.59 Å². The third kappa shape index (κ3) is 7.16. The number of hydrogen-bond acceptors (Lipinski definition) is 2. The molecule has 0 radical (unpaired) electrons.